The molecule has 0 amide bonds. The number of hydrogen-bond acceptors (Lipinski definition) is 3. The summed E-state index contributed by atoms with van der Waals surface area (Å²) in [6, 6.07) is 10.2. The maximum Gasteiger partial charge on any atom is 0.0802 e. The van der Waals surface area contributed by atoms with Crippen LogP contribution in [0.1, 0.15) is 31.9 Å². The molecular formula is C15H25NO2. The molecule has 0 aromatic heterocycles. The van der Waals surface area contributed by atoms with Crippen molar-refractivity contribution < 1.29 is 9.84 Å². The lowest BCUT2D eigenvalue weighted by Gasteiger charge is -2.28. The van der Waals surface area contributed by atoms with Crippen LogP contribution in [0.3, 0.4) is 0 Å². The Balaban J connectivity index is 2.43. The molecular weight excluding hydrogens is 226 g/mol. The molecule has 0 heterocycles. The van der Waals surface area contributed by atoms with Crippen LogP contribution in [0.5, 0.6) is 0 Å². The minimum Gasteiger partial charge on any atom is -0.388 e. The van der Waals surface area contributed by atoms with Crippen LogP contribution in [-0.4, -0.2) is 42.9 Å². The molecule has 2 unspecified atom stereocenters. The van der Waals surface area contributed by atoms with Crippen LogP contribution in [0.15, 0.2) is 30.3 Å². The molecule has 0 bridgehead atoms. The van der Waals surface area contributed by atoms with Gasteiger partial charge in [-0.25, -0.2) is 0 Å². The van der Waals surface area contributed by atoms with E-state index < -0.39 is 0 Å². The molecule has 102 valence electrons. The van der Waals surface area contributed by atoms with Crippen molar-refractivity contribution in [1.29, 1.82) is 0 Å². The number of aliphatic hydroxyl groups is 1. The van der Waals surface area contributed by atoms with Gasteiger partial charge in [-0.05, 0) is 25.5 Å². The fourth-order valence-electron chi connectivity index (χ4n) is 2.17. The van der Waals surface area contributed by atoms with E-state index in [1.54, 1.807) is 7.11 Å². The fourth-order valence-corrected chi connectivity index (χ4v) is 2.17. The van der Waals surface area contributed by atoms with Crippen molar-refractivity contribution >= 4 is 0 Å². The highest BCUT2D eigenvalue weighted by atomic mass is 16.5. The monoisotopic (exact) mass is 251 g/mol. The molecule has 0 fully saturated rings. The molecule has 1 rings (SSSR count). The van der Waals surface area contributed by atoms with E-state index in [1.807, 2.05) is 30.3 Å². The number of nitrogens with zero attached hydrogens (tertiary/aromatic N) is 1. The Labute approximate surface area is 110 Å². The predicted molar refractivity (Wildman–Crippen MR) is 74.6 cm³/mol. The van der Waals surface area contributed by atoms with Crippen LogP contribution in [-0.2, 0) is 4.74 Å². The van der Waals surface area contributed by atoms with Gasteiger partial charge in [0, 0.05) is 19.7 Å². The van der Waals surface area contributed by atoms with Crippen molar-refractivity contribution in [1.82, 2.24) is 4.90 Å². The van der Waals surface area contributed by atoms with Crippen LogP contribution >= 0.6 is 0 Å². The van der Waals surface area contributed by atoms with Crippen LogP contribution in [0.25, 0.3) is 0 Å². The standard InChI is InChI=1S/C15H25NO2/c1-4-16(13(2)12-18-3)11-10-15(17)14-8-6-5-7-9-14/h5-9,13,15,17H,4,10-12H2,1-3H3. The lowest BCUT2D eigenvalue weighted by molar-refractivity contribution is 0.0841. The molecule has 1 N–H and O–H groups in total. The largest absolute Gasteiger partial charge is 0.388 e. The van der Waals surface area contributed by atoms with Gasteiger partial charge in [0.05, 0.1) is 12.7 Å². The molecule has 0 saturated heterocycles. The summed E-state index contributed by atoms with van der Waals surface area (Å²) >= 11 is 0. The topological polar surface area (TPSA) is 32.7 Å². The highest BCUT2D eigenvalue weighted by Crippen LogP contribution is 2.17. The number of methoxy groups -OCH3 is 1. The first-order valence-corrected chi connectivity index (χ1v) is 6.65. The minimum absolute atomic E-state index is 0.380. The van der Waals surface area contributed by atoms with Gasteiger partial charge in [0.15, 0.2) is 0 Å². The summed E-state index contributed by atoms with van der Waals surface area (Å²) in [6.45, 7) is 6.89. The molecule has 2 atom stereocenters. The second kappa shape index (κ2) is 8.25. The third-order valence-corrected chi connectivity index (χ3v) is 3.31. The third kappa shape index (κ3) is 4.77. The molecule has 3 nitrogen and oxygen atoms in total. The van der Waals surface area contributed by atoms with Crippen LogP contribution in [0, 0.1) is 0 Å². The van der Waals surface area contributed by atoms with E-state index in [-0.39, 0.29) is 6.10 Å². The number of rotatable bonds is 8. The molecule has 3 heteroatoms. The molecule has 0 aliphatic carbocycles. The summed E-state index contributed by atoms with van der Waals surface area (Å²) < 4.78 is 5.17. The highest BCUT2D eigenvalue weighted by Gasteiger charge is 2.14. The summed E-state index contributed by atoms with van der Waals surface area (Å²) in [6.07, 6.45) is 0.376. The van der Waals surface area contributed by atoms with Crippen molar-refractivity contribution in [3.8, 4) is 0 Å². The molecule has 18 heavy (non-hydrogen) atoms. The van der Waals surface area contributed by atoms with E-state index in [1.165, 1.54) is 0 Å². The number of aliphatic hydroxyl groups excluding tert-OH is 1. The van der Waals surface area contributed by atoms with Gasteiger partial charge in [0.25, 0.3) is 0 Å². The first kappa shape index (κ1) is 15.2. The van der Waals surface area contributed by atoms with Gasteiger partial charge in [-0.1, -0.05) is 37.3 Å². The summed E-state index contributed by atoms with van der Waals surface area (Å²) in [4.78, 5) is 2.33. The molecule has 0 aliphatic rings. The predicted octanol–water partition coefficient (Wildman–Crippen LogP) is 2.47. The van der Waals surface area contributed by atoms with Crippen molar-refractivity contribution in [3.63, 3.8) is 0 Å². The van der Waals surface area contributed by atoms with E-state index in [2.05, 4.69) is 18.7 Å². The zero-order valence-electron chi connectivity index (χ0n) is 11.7. The second-order valence-corrected chi connectivity index (χ2v) is 4.65. The van der Waals surface area contributed by atoms with E-state index in [4.69, 9.17) is 4.74 Å². The number of ether oxygens (including phenoxy) is 1. The molecule has 0 saturated carbocycles. The first-order valence-electron chi connectivity index (χ1n) is 6.65. The number of benzene rings is 1. The van der Waals surface area contributed by atoms with Crippen LogP contribution in [0.2, 0.25) is 0 Å². The average molecular weight is 251 g/mol. The van der Waals surface area contributed by atoms with Gasteiger partial charge in [-0.2, -0.15) is 0 Å². The van der Waals surface area contributed by atoms with Crippen molar-refractivity contribution in [3.05, 3.63) is 35.9 Å². The average Bonchev–Trinajstić information content (AvgIpc) is 2.40. The van der Waals surface area contributed by atoms with Gasteiger partial charge in [0.1, 0.15) is 0 Å². The Bertz CT molecular complexity index is 316. The highest BCUT2D eigenvalue weighted by molar-refractivity contribution is 5.17. The van der Waals surface area contributed by atoms with E-state index in [0.717, 1.165) is 31.7 Å². The molecule has 0 radical (unpaired) electrons. The van der Waals surface area contributed by atoms with Gasteiger partial charge < -0.3 is 9.84 Å². The minimum atomic E-state index is -0.380. The van der Waals surface area contributed by atoms with Gasteiger partial charge in [-0.3, -0.25) is 4.90 Å². The quantitative estimate of drug-likeness (QED) is 0.770. The fraction of sp³-hybridized carbons (Fsp3) is 0.600. The summed E-state index contributed by atoms with van der Waals surface area (Å²) in [5.74, 6) is 0. The number of likely N-dealkylation sites (N-methyl/N-ethyl adjacent to an activating group) is 1. The third-order valence-electron chi connectivity index (χ3n) is 3.31. The summed E-state index contributed by atoms with van der Waals surface area (Å²) in [5.41, 5.74) is 0.993. The van der Waals surface area contributed by atoms with Gasteiger partial charge in [0.2, 0.25) is 0 Å². The maximum absolute atomic E-state index is 10.1. The van der Waals surface area contributed by atoms with Crippen molar-refractivity contribution in [2.24, 2.45) is 0 Å². The Morgan fingerprint density at radius 2 is 1.94 bits per heavy atom. The Morgan fingerprint density at radius 1 is 1.28 bits per heavy atom. The second-order valence-electron chi connectivity index (χ2n) is 4.65. The molecule has 1 aromatic rings. The van der Waals surface area contributed by atoms with E-state index in [0.29, 0.717) is 6.04 Å². The summed E-state index contributed by atoms with van der Waals surface area (Å²) in [5, 5.41) is 10.1. The Hall–Kier alpha value is -0.900. The zero-order valence-corrected chi connectivity index (χ0v) is 11.7. The normalized spacial score (nSPS) is 14.7. The zero-order chi connectivity index (χ0) is 13.4. The van der Waals surface area contributed by atoms with Gasteiger partial charge in [-0.15, -0.1) is 0 Å². The van der Waals surface area contributed by atoms with Crippen LogP contribution < -0.4 is 0 Å². The van der Waals surface area contributed by atoms with Gasteiger partial charge >= 0.3 is 0 Å². The SMILES string of the molecule is CCN(CCC(O)c1ccccc1)C(C)COC. The maximum atomic E-state index is 10.1. The summed E-state index contributed by atoms with van der Waals surface area (Å²) in [7, 11) is 1.73. The molecule has 1 aromatic carbocycles. The number of hydrogen-bond donors (Lipinski definition) is 1. The van der Waals surface area contributed by atoms with E-state index >= 15 is 0 Å². The Kier molecular flexibility index (Phi) is 6.94. The van der Waals surface area contributed by atoms with E-state index in [9.17, 15) is 5.11 Å². The first-order chi connectivity index (χ1) is 8.69. The lowest BCUT2D eigenvalue weighted by Crippen LogP contribution is -2.37. The molecule has 0 spiro atoms. The molecule has 0 aliphatic heterocycles. The lowest BCUT2D eigenvalue weighted by atomic mass is 10.1. The van der Waals surface area contributed by atoms with Crippen molar-refractivity contribution in [2.75, 3.05) is 26.8 Å². The van der Waals surface area contributed by atoms with Crippen LogP contribution in [0.4, 0.5) is 0 Å². The smallest absolute Gasteiger partial charge is 0.0802 e. The Morgan fingerprint density at radius 3 is 2.50 bits per heavy atom. The van der Waals surface area contributed by atoms with Crippen molar-refractivity contribution in [2.45, 2.75) is 32.4 Å².